The van der Waals surface area contributed by atoms with Crippen molar-refractivity contribution in [3.8, 4) is 0 Å². The zero-order chi connectivity index (χ0) is 16.8. The van der Waals surface area contributed by atoms with Gasteiger partial charge in [-0.1, -0.05) is 0 Å². The van der Waals surface area contributed by atoms with E-state index in [1.807, 2.05) is 18.3 Å². The summed E-state index contributed by atoms with van der Waals surface area (Å²) in [5, 5.41) is 9.19. The van der Waals surface area contributed by atoms with Crippen molar-refractivity contribution < 1.29 is 0 Å². The topological polar surface area (TPSA) is 68.3 Å². The molecule has 0 unspecified atom stereocenters. The predicted octanol–water partition coefficient (Wildman–Crippen LogP) is 1.30. The Morgan fingerprint density at radius 3 is 2.92 bits per heavy atom. The molecule has 0 bridgehead atoms. The minimum Gasteiger partial charge on any atom is -0.354 e. The van der Waals surface area contributed by atoms with Gasteiger partial charge in [-0.05, 0) is 43.4 Å². The van der Waals surface area contributed by atoms with Crippen LogP contribution in [0.25, 0.3) is 5.65 Å². The number of fused-ring (bicyclic) bond motifs is 2. The van der Waals surface area contributed by atoms with E-state index >= 15 is 0 Å². The van der Waals surface area contributed by atoms with E-state index in [1.165, 1.54) is 12.8 Å². The van der Waals surface area contributed by atoms with Crippen LogP contribution in [0.4, 0.5) is 5.82 Å². The molecule has 7 nitrogen and oxygen atoms in total. The van der Waals surface area contributed by atoms with Crippen LogP contribution in [0.1, 0.15) is 24.1 Å². The molecule has 5 rings (SSSR count). The largest absolute Gasteiger partial charge is 0.354 e. The van der Waals surface area contributed by atoms with E-state index in [-0.39, 0.29) is 5.56 Å². The Labute approximate surface area is 144 Å². The number of nitrogens with zero attached hydrogens (tertiary/aromatic N) is 6. The number of anilines is 1. The Kier molecular flexibility index (Phi) is 3.33. The second-order valence-corrected chi connectivity index (χ2v) is 7.04. The predicted molar refractivity (Wildman–Crippen MR) is 93.8 cm³/mol. The van der Waals surface area contributed by atoms with E-state index < -0.39 is 0 Å². The Bertz CT molecular complexity index is 985. The van der Waals surface area contributed by atoms with Gasteiger partial charge in [0.2, 0.25) is 0 Å². The molecule has 1 saturated heterocycles. The van der Waals surface area contributed by atoms with Crippen LogP contribution in [-0.4, -0.2) is 37.5 Å². The summed E-state index contributed by atoms with van der Waals surface area (Å²) >= 11 is 0. The zero-order valence-corrected chi connectivity index (χ0v) is 14.0. The standard InChI is InChI=1S/C18H20N6O/c25-18-9-14-3-1-2-4-15(14)20-24(18)12-13-10-22(11-13)17-6-5-16-19-7-8-23(16)21-17/h5-9,13H,1-4,10-12H2. The van der Waals surface area contributed by atoms with Crippen LogP contribution in [-0.2, 0) is 19.4 Å². The van der Waals surface area contributed by atoms with Crippen LogP contribution in [0.3, 0.4) is 0 Å². The smallest absolute Gasteiger partial charge is 0.267 e. The van der Waals surface area contributed by atoms with Crippen molar-refractivity contribution in [3.63, 3.8) is 0 Å². The van der Waals surface area contributed by atoms with Gasteiger partial charge in [0.1, 0.15) is 5.82 Å². The molecule has 2 aliphatic rings. The summed E-state index contributed by atoms with van der Waals surface area (Å²) in [6, 6.07) is 5.78. The second-order valence-electron chi connectivity index (χ2n) is 7.04. The van der Waals surface area contributed by atoms with Crippen molar-refractivity contribution in [1.29, 1.82) is 0 Å². The first-order valence-electron chi connectivity index (χ1n) is 8.91. The fourth-order valence-electron chi connectivity index (χ4n) is 3.82. The van der Waals surface area contributed by atoms with E-state index in [0.717, 1.165) is 48.7 Å². The van der Waals surface area contributed by atoms with E-state index in [0.29, 0.717) is 12.5 Å². The molecule has 0 aromatic carbocycles. The van der Waals surface area contributed by atoms with Crippen molar-refractivity contribution in [1.82, 2.24) is 24.4 Å². The van der Waals surface area contributed by atoms with Crippen molar-refractivity contribution in [2.75, 3.05) is 18.0 Å². The van der Waals surface area contributed by atoms with E-state index in [4.69, 9.17) is 0 Å². The van der Waals surface area contributed by atoms with Crippen molar-refractivity contribution in [3.05, 3.63) is 52.2 Å². The molecular weight excluding hydrogens is 316 g/mol. The third-order valence-corrected chi connectivity index (χ3v) is 5.23. The van der Waals surface area contributed by atoms with Crippen LogP contribution in [0.15, 0.2) is 35.4 Å². The normalized spacial score (nSPS) is 17.5. The lowest BCUT2D eigenvalue weighted by molar-refractivity contribution is 0.329. The minimum absolute atomic E-state index is 0.0389. The van der Waals surface area contributed by atoms with E-state index in [1.54, 1.807) is 21.5 Å². The molecule has 1 aliphatic carbocycles. The maximum Gasteiger partial charge on any atom is 0.267 e. The van der Waals surface area contributed by atoms with Crippen molar-refractivity contribution in [2.45, 2.75) is 32.2 Å². The Hall–Kier alpha value is -2.70. The van der Waals surface area contributed by atoms with E-state index in [9.17, 15) is 4.79 Å². The van der Waals surface area contributed by atoms with Gasteiger partial charge in [-0.15, -0.1) is 5.10 Å². The highest BCUT2D eigenvalue weighted by molar-refractivity contribution is 5.47. The molecule has 4 heterocycles. The molecule has 0 atom stereocenters. The summed E-state index contributed by atoms with van der Waals surface area (Å²) in [6.45, 7) is 2.49. The quantitative estimate of drug-likeness (QED) is 0.721. The van der Waals surface area contributed by atoms with Gasteiger partial charge in [0.05, 0.1) is 12.2 Å². The SMILES string of the molecule is O=c1cc2c(nn1CC1CN(c3ccc4nccn4n3)C1)CCCC2. The Balaban J connectivity index is 1.29. The molecule has 0 spiro atoms. The zero-order valence-electron chi connectivity index (χ0n) is 14.0. The average molecular weight is 336 g/mol. The number of hydrogen-bond acceptors (Lipinski definition) is 5. The van der Waals surface area contributed by atoms with E-state index in [2.05, 4.69) is 20.1 Å². The van der Waals surface area contributed by atoms with Crippen LogP contribution < -0.4 is 10.5 Å². The number of aromatic nitrogens is 5. The van der Waals surface area contributed by atoms with Gasteiger partial charge < -0.3 is 4.90 Å². The summed E-state index contributed by atoms with van der Waals surface area (Å²) < 4.78 is 3.46. The molecule has 7 heteroatoms. The highest BCUT2D eigenvalue weighted by atomic mass is 16.1. The molecule has 3 aromatic heterocycles. The average Bonchev–Trinajstić information content (AvgIpc) is 3.05. The molecule has 1 aliphatic heterocycles. The molecule has 0 saturated carbocycles. The Morgan fingerprint density at radius 1 is 1.12 bits per heavy atom. The lowest BCUT2D eigenvalue weighted by Gasteiger charge is -2.40. The maximum absolute atomic E-state index is 12.3. The molecule has 3 aromatic rings. The summed E-state index contributed by atoms with van der Waals surface area (Å²) in [5.41, 5.74) is 3.16. The number of imidazole rings is 1. The van der Waals surface area contributed by atoms with Gasteiger partial charge >= 0.3 is 0 Å². The number of aryl methyl sites for hydroxylation is 2. The monoisotopic (exact) mass is 336 g/mol. The number of hydrogen-bond donors (Lipinski definition) is 0. The summed E-state index contributed by atoms with van der Waals surface area (Å²) in [4.78, 5) is 18.7. The molecule has 128 valence electrons. The van der Waals surface area contributed by atoms with Gasteiger partial charge in [-0.2, -0.15) is 5.10 Å². The van der Waals surface area contributed by atoms with Gasteiger partial charge in [0.25, 0.3) is 5.56 Å². The first-order chi connectivity index (χ1) is 12.3. The third-order valence-electron chi connectivity index (χ3n) is 5.23. The lowest BCUT2D eigenvalue weighted by atomic mass is 9.96. The molecule has 0 N–H and O–H groups in total. The van der Waals surface area contributed by atoms with Crippen LogP contribution in [0, 0.1) is 5.92 Å². The minimum atomic E-state index is 0.0389. The third kappa shape index (κ3) is 2.59. The fourth-order valence-corrected chi connectivity index (χ4v) is 3.82. The molecule has 25 heavy (non-hydrogen) atoms. The maximum atomic E-state index is 12.3. The van der Waals surface area contributed by atoms with Crippen molar-refractivity contribution >= 4 is 11.5 Å². The molecule has 0 amide bonds. The van der Waals surface area contributed by atoms with Gasteiger partial charge in [-0.3, -0.25) is 4.79 Å². The lowest BCUT2D eigenvalue weighted by Crippen LogP contribution is -2.50. The number of rotatable bonds is 3. The molecule has 0 radical (unpaired) electrons. The molecule has 1 fully saturated rings. The summed E-state index contributed by atoms with van der Waals surface area (Å²) in [7, 11) is 0. The van der Waals surface area contributed by atoms with Crippen LogP contribution >= 0.6 is 0 Å². The highest BCUT2D eigenvalue weighted by Crippen LogP contribution is 2.24. The van der Waals surface area contributed by atoms with Gasteiger partial charge in [0.15, 0.2) is 5.65 Å². The first kappa shape index (κ1) is 14.6. The summed E-state index contributed by atoms with van der Waals surface area (Å²) in [6.07, 6.45) is 7.95. The van der Waals surface area contributed by atoms with Crippen molar-refractivity contribution in [2.24, 2.45) is 5.92 Å². The van der Waals surface area contributed by atoms with Gasteiger partial charge in [-0.25, -0.2) is 14.2 Å². The molecular formula is C18H20N6O. The van der Waals surface area contributed by atoms with Crippen LogP contribution in [0.2, 0.25) is 0 Å². The Morgan fingerprint density at radius 2 is 2.00 bits per heavy atom. The fraction of sp³-hybridized carbons (Fsp3) is 0.444. The van der Waals surface area contributed by atoms with Gasteiger partial charge in [0, 0.05) is 37.5 Å². The van der Waals surface area contributed by atoms with Crippen LogP contribution in [0.5, 0.6) is 0 Å². The first-order valence-corrected chi connectivity index (χ1v) is 8.91. The second kappa shape index (κ2) is 5.68. The summed E-state index contributed by atoms with van der Waals surface area (Å²) in [5.74, 6) is 1.39. The highest BCUT2D eigenvalue weighted by Gasteiger charge is 2.29.